The summed E-state index contributed by atoms with van der Waals surface area (Å²) in [6, 6.07) is 0. The predicted octanol–water partition coefficient (Wildman–Crippen LogP) is 2.87. The Balaban J connectivity index is 1.61. The highest BCUT2D eigenvalue weighted by atomic mass is 16.5. The van der Waals surface area contributed by atoms with Crippen molar-refractivity contribution in [2.45, 2.75) is 58.3 Å². The van der Waals surface area contributed by atoms with Crippen LogP contribution in [0.25, 0.3) is 0 Å². The number of piperidine rings is 1. The van der Waals surface area contributed by atoms with E-state index in [4.69, 9.17) is 9.73 Å². The van der Waals surface area contributed by atoms with Crippen LogP contribution in [0, 0.1) is 11.8 Å². The second-order valence-corrected chi connectivity index (χ2v) is 7.72. The first-order chi connectivity index (χ1) is 12.3. The summed E-state index contributed by atoms with van der Waals surface area (Å²) in [4.78, 5) is 7.35. The lowest BCUT2D eigenvalue weighted by Gasteiger charge is -2.31. The highest BCUT2D eigenvalue weighted by Gasteiger charge is 2.18. The number of nitrogens with one attached hydrogen (secondary N) is 2. The van der Waals surface area contributed by atoms with Crippen LogP contribution in [0.1, 0.15) is 58.3 Å². The topological polar surface area (TPSA) is 48.9 Å². The van der Waals surface area contributed by atoms with Crippen molar-refractivity contribution in [3.8, 4) is 0 Å². The second-order valence-electron chi connectivity index (χ2n) is 7.72. The molecule has 25 heavy (non-hydrogen) atoms. The molecule has 0 spiro atoms. The van der Waals surface area contributed by atoms with E-state index in [2.05, 4.69) is 22.5 Å². The summed E-state index contributed by atoms with van der Waals surface area (Å²) >= 11 is 0. The summed E-state index contributed by atoms with van der Waals surface area (Å²) in [5.41, 5.74) is 0. The lowest BCUT2D eigenvalue weighted by Crippen LogP contribution is -2.39. The quantitative estimate of drug-likeness (QED) is 0.361. The Kier molecular flexibility index (Phi) is 10.3. The zero-order valence-electron chi connectivity index (χ0n) is 16.6. The molecule has 2 N–H and O–H groups in total. The van der Waals surface area contributed by atoms with E-state index in [9.17, 15) is 0 Å². The number of methoxy groups -OCH3 is 1. The number of hydrogen-bond donors (Lipinski definition) is 2. The Labute approximate surface area is 155 Å². The molecule has 0 aromatic rings. The fourth-order valence-electron chi connectivity index (χ4n) is 4.07. The lowest BCUT2D eigenvalue weighted by molar-refractivity contribution is 0.121. The van der Waals surface area contributed by atoms with E-state index in [0.29, 0.717) is 0 Å². The molecule has 0 aromatic carbocycles. The summed E-state index contributed by atoms with van der Waals surface area (Å²) < 4.78 is 5.18. The van der Waals surface area contributed by atoms with Crippen molar-refractivity contribution >= 4 is 5.96 Å². The van der Waals surface area contributed by atoms with Crippen molar-refractivity contribution in [3.63, 3.8) is 0 Å². The second kappa shape index (κ2) is 12.5. The minimum Gasteiger partial charge on any atom is -0.383 e. The first-order valence-corrected chi connectivity index (χ1v) is 10.5. The van der Waals surface area contributed by atoms with Crippen molar-refractivity contribution in [2.24, 2.45) is 16.8 Å². The van der Waals surface area contributed by atoms with Crippen molar-refractivity contribution < 1.29 is 4.74 Å². The van der Waals surface area contributed by atoms with Gasteiger partial charge in [0.15, 0.2) is 5.96 Å². The number of aliphatic imine (C=N–C) groups is 1. The molecule has 1 aliphatic carbocycles. The largest absolute Gasteiger partial charge is 0.383 e. The number of nitrogens with zero attached hydrogens (tertiary/aromatic N) is 2. The maximum absolute atomic E-state index is 5.18. The molecule has 1 aliphatic heterocycles. The van der Waals surface area contributed by atoms with Gasteiger partial charge in [-0.3, -0.25) is 4.99 Å². The molecule has 5 nitrogen and oxygen atoms in total. The molecule has 0 amide bonds. The Bertz CT molecular complexity index is 361. The van der Waals surface area contributed by atoms with E-state index in [1.807, 2.05) is 0 Å². The SMILES string of the molecule is CCNC(=NCC1CCN(CCOC)CC1)NCCCC1CCCC1. The molecule has 0 radical (unpaired) electrons. The fourth-order valence-corrected chi connectivity index (χ4v) is 4.07. The Morgan fingerprint density at radius 1 is 1.08 bits per heavy atom. The summed E-state index contributed by atoms with van der Waals surface area (Å²) in [7, 11) is 1.78. The van der Waals surface area contributed by atoms with Crippen molar-refractivity contribution in [3.05, 3.63) is 0 Å². The van der Waals surface area contributed by atoms with Gasteiger partial charge in [0.2, 0.25) is 0 Å². The van der Waals surface area contributed by atoms with Gasteiger partial charge in [-0.2, -0.15) is 0 Å². The molecule has 0 unspecified atom stereocenters. The van der Waals surface area contributed by atoms with E-state index >= 15 is 0 Å². The molecule has 2 fully saturated rings. The summed E-state index contributed by atoms with van der Waals surface area (Å²) in [5, 5.41) is 6.93. The fraction of sp³-hybridized carbons (Fsp3) is 0.950. The van der Waals surface area contributed by atoms with Gasteiger partial charge in [0.25, 0.3) is 0 Å². The van der Waals surface area contributed by atoms with Gasteiger partial charge in [0, 0.05) is 33.3 Å². The normalized spacial score (nSPS) is 21.0. The smallest absolute Gasteiger partial charge is 0.191 e. The third-order valence-electron chi connectivity index (χ3n) is 5.73. The van der Waals surface area contributed by atoms with Crippen LogP contribution in [0.5, 0.6) is 0 Å². The van der Waals surface area contributed by atoms with Crippen LogP contribution in [-0.2, 0) is 4.74 Å². The van der Waals surface area contributed by atoms with Gasteiger partial charge in [0.05, 0.1) is 6.61 Å². The minimum atomic E-state index is 0.729. The zero-order valence-corrected chi connectivity index (χ0v) is 16.6. The van der Waals surface area contributed by atoms with E-state index in [0.717, 1.165) is 50.6 Å². The molecule has 2 rings (SSSR count). The lowest BCUT2D eigenvalue weighted by atomic mass is 9.97. The third-order valence-corrected chi connectivity index (χ3v) is 5.73. The molecular formula is C20H40N4O. The molecule has 146 valence electrons. The predicted molar refractivity (Wildman–Crippen MR) is 106 cm³/mol. The van der Waals surface area contributed by atoms with Crippen LogP contribution >= 0.6 is 0 Å². The first kappa shape index (κ1) is 20.5. The summed E-state index contributed by atoms with van der Waals surface area (Å²) in [5.74, 6) is 2.73. The highest BCUT2D eigenvalue weighted by molar-refractivity contribution is 5.79. The van der Waals surface area contributed by atoms with Gasteiger partial charge in [-0.1, -0.05) is 25.7 Å². The molecule has 1 heterocycles. The Hall–Kier alpha value is -0.810. The monoisotopic (exact) mass is 352 g/mol. The van der Waals surface area contributed by atoms with E-state index < -0.39 is 0 Å². The minimum absolute atomic E-state index is 0.729. The van der Waals surface area contributed by atoms with Crippen molar-refractivity contribution in [2.75, 3.05) is 53.0 Å². The van der Waals surface area contributed by atoms with Gasteiger partial charge in [0.1, 0.15) is 0 Å². The van der Waals surface area contributed by atoms with Gasteiger partial charge >= 0.3 is 0 Å². The van der Waals surface area contributed by atoms with Crippen LogP contribution in [0.4, 0.5) is 0 Å². The van der Waals surface area contributed by atoms with Crippen LogP contribution in [0.2, 0.25) is 0 Å². The van der Waals surface area contributed by atoms with Gasteiger partial charge in [-0.05, 0) is 57.5 Å². The van der Waals surface area contributed by atoms with Crippen LogP contribution in [0.15, 0.2) is 4.99 Å². The number of guanidine groups is 1. The average molecular weight is 353 g/mol. The van der Waals surface area contributed by atoms with E-state index in [-0.39, 0.29) is 0 Å². The zero-order chi connectivity index (χ0) is 17.7. The molecule has 1 saturated heterocycles. The molecular weight excluding hydrogens is 312 g/mol. The summed E-state index contributed by atoms with van der Waals surface area (Å²) in [6.07, 6.45) is 11.0. The van der Waals surface area contributed by atoms with E-state index in [1.54, 1.807) is 7.11 Å². The van der Waals surface area contributed by atoms with Crippen LogP contribution in [-0.4, -0.2) is 63.8 Å². The number of ether oxygens (including phenoxy) is 1. The highest BCUT2D eigenvalue weighted by Crippen LogP contribution is 2.28. The van der Waals surface area contributed by atoms with Gasteiger partial charge in [-0.15, -0.1) is 0 Å². The molecule has 2 aliphatic rings. The molecule has 0 aromatic heterocycles. The number of likely N-dealkylation sites (tertiary alicyclic amines) is 1. The maximum Gasteiger partial charge on any atom is 0.191 e. The molecule has 0 atom stereocenters. The van der Waals surface area contributed by atoms with Crippen LogP contribution < -0.4 is 10.6 Å². The Morgan fingerprint density at radius 3 is 2.52 bits per heavy atom. The molecule has 5 heteroatoms. The van der Waals surface area contributed by atoms with Gasteiger partial charge in [-0.25, -0.2) is 0 Å². The molecule has 0 bridgehead atoms. The summed E-state index contributed by atoms with van der Waals surface area (Å²) in [6.45, 7) is 9.38. The Morgan fingerprint density at radius 2 is 1.84 bits per heavy atom. The van der Waals surface area contributed by atoms with Crippen LogP contribution in [0.3, 0.4) is 0 Å². The average Bonchev–Trinajstić information content (AvgIpc) is 3.15. The third kappa shape index (κ3) is 8.41. The number of rotatable bonds is 10. The number of hydrogen-bond acceptors (Lipinski definition) is 3. The van der Waals surface area contributed by atoms with Gasteiger partial charge < -0.3 is 20.3 Å². The maximum atomic E-state index is 5.18. The standard InChI is InChI=1S/C20H40N4O/c1-3-21-20(22-12-6-9-18-7-4-5-8-18)23-17-19-10-13-24(14-11-19)15-16-25-2/h18-19H,3-17H2,1-2H3,(H2,21,22,23). The van der Waals surface area contributed by atoms with Crippen molar-refractivity contribution in [1.82, 2.24) is 15.5 Å². The van der Waals surface area contributed by atoms with E-state index in [1.165, 1.54) is 64.5 Å². The molecule has 1 saturated carbocycles. The van der Waals surface area contributed by atoms with Crippen molar-refractivity contribution in [1.29, 1.82) is 0 Å². The first-order valence-electron chi connectivity index (χ1n) is 10.5.